The fraction of sp³-hybridized carbons (Fsp3) is 0.150. The first-order valence-electron chi connectivity index (χ1n) is 15.4. The van der Waals surface area contributed by atoms with Crippen molar-refractivity contribution in [3.05, 3.63) is 139 Å². The summed E-state index contributed by atoms with van der Waals surface area (Å²) in [5, 5.41) is 3.54. The van der Waals surface area contributed by atoms with Crippen LogP contribution in [0.2, 0.25) is 19.6 Å². The Labute approximate surface area is 282 Å². The van der Waals surface area contributed by atoms with Gasteiger partial charge in [-0.25, -0.2) is 0 Å². The average molecular weight is 782 g/mol. The van der Waals surface area contributed by atoms with E-state index in [1.807, 2.05) is 98.9 Å². The smallest absolute Gasteiger partial charge is 0.120 e. The van der Waals surface area contributed by atoms with Crippen molar-refractivity contribution in [1.29, 1.82) is 0 Å². The summed E-state index contributed by atoms with van der Waals surface area (Å²) >= 11 is 0. The molecule has 0 unspecified atom stereocenters. The van der Waals surface area contributed by atoms with Gasteiger partial charge in [-0.3, -0.25) is 0 Å². The van der Waals surface area contributed by atoms with Crippen LogP contribution in [0.3, 0.4) is 0 Å². The third-order valence-electron chi connectivity index (χ3n) is 7.75. The summed E-state index contributed by atoms with van der Waals surface area (Å²) in [7, 11) is -1.23. The van der Waals surface area contributed by atoms with Crippen LogP contribution in [0.15, 0.2) is 126 Å². The third-order valence-corrected chi connectivity index (χ3v) is 9.77. The fourth-order valence-corrected chi connectivity index (χ4v) is 6.27. The Morgan fingerprint density at radius 3 is 2.24 bits per heavy atom. The molecule has 3 heterocycles. The SMILES string of the molecule is C[Si](C)(C)c1ccc(-c2[c-]cccc2)nc1.[2H]C(C)(C)c1ccnc(-c2[c-]cc(-c3ccccc3)c3c2oc2ccccc23)c1.[Ir]. The maximum Gasteiger partial charge on any atom is 0.120 e. The van der Waals surface area contributed by atoms with Gasteiger partial charge >= 0.3 is 0 Å². The maximum atomic E-state index is 8.37. The molecule has 5 heteroatoms. The monoisotopic (exact) mass is 782 g/mol. The van der Waals surface area contributed by atoms with Gasteiger partial charge in [0.1, 0.15) is 5.58 Å². The zero-order valence-electron chi connectivity index (χ0n) is 27.2. The first-order valence-corrected chi connectivity index (χ1v) is 18.4. The van der Waals surface area contributed by atoms with Crippen molar-refractivity contribution in [2.45, 2.75) is 39.4 Å². The average Bonchev–Trinajstić information content (AvgIpc) is 3.45. The molecular weight excluding hydrogens is 745 g/mol. The van der Waals surface area contributed by atoms with Gasteiger partial charge in [0.2, 0.25) is 0 Å². The van der Waals surface area contributed by atoms with Crippen molar-refractivity contribution in [2.24, 2.45) is 0 Å². The van der Waals surface area contributed by atoms with E-state index in [0.717, 1.165) is 61.1 Å². The van der Waals surface area contributed by atoms with Gasteiger partial charge in [-0.1, -0.05) is 122 Å². The van der Waals surface area contributed by atoms with E-state index < -0.39 is 14.0 Å². The van der Waals surface area contributed by atoms with Crippen LogP contribution in [0.5, 0.6) is 0 Å². The number of nitrogens with zero attached hydrogens (tertiary/aromatic N) is 2. The molecule has 7 rings (SSSR count). The molecule has 0 spiro atoms. The number of hydrogen-bond acceptors (Lipinski definition) is 3. The molecule has 3 nitrogen and oxygen atoms in total. The van der Waals surface area contributed by atoms with Crippen LogP contribution in [0.25, 0.3) is 55.6 Å². The van der Waals surface area contributed by atoms with E-state index in [1.165, 1.54) is 5.19 Å². The number of hydrogen-bond donors (Lipinski definition) is 0. The summed E-state index contributed by atoms with van der Waals surface area (Å²) in [5.74, 6) is -0.700. The van der Waals surface area contributed by atoms with Crippen molar-refractivity contribution in [3.8, 4) is 33.6 Å². The molecule has 0 amide bonds. The molecule has 0 aliphatic rings. The van der Waals surface area contributed by atoms with Gasteiger partial charge in [-0.05, 0) is 40.0 Å². The predicted octanol–water partition coefficient (Wildman–Crippen LogP) is 10.3. The van der Waals surface area contributed by atoms with Gasteiger partial charge in [0.25, 0.3) is 0 Å². The normalized spacial score (nSPS) is 11.8. The molecule has 227 valence electrons. The topological polar surface area (TPSA) is 38.9 Å². The fourth-order valence-electron chi connectivity index (χ4n) is 5.23. The summed E-state index contributed by atoms with van der Waals surface area (Å²) < 4.78 is 14.7. The quantitative estimate of drug-likeness (QED) is 0.129. The molecule has 3 aromatic heterocycles. The zero-order chi connectivity index (χ0) is 31.6. The summed E-state index contributed by atoms with van der Waals surface area (Å²) in [5.41, 5.74) is 8.40. The van der Waals surface area contributed by atoms with Gasteiger partial charge in [-0.2, -0.15) is 0 Å². The Morgan fingerprint density at radius 2 is 1.56 bits per heavy atom. The number of fused-ring (bicyclic) bond motifs is 3. The third kappa shape index (κ3) is 7.07. The van der Waals surface area contributed by atoms with Crippen LogP contribution in [-0.2, 0) is 20.1 Å². The van der Waals surface area contributed by atoms with E-state index in [9.17, 15) is 0 Å². The molecule has 7 aromatic rings. The molecule has 0 saturated carbocycles. The first kappa shape index (κ1) is 30.9. The molecule has 0 bridgehead atoms. The minimum atomic E-state index is -1.23. The van der Waals surface area contributed by atoms with Crippen molar-refractivity contribution in [1.82, 2.24) is 9.97 Å². The Bertz CT molecular complexity index is 2060. The van der Waals surface area contributed by atoms with Gasteiger partial charge in [0.15, 0.2) is 0 Å². The van der Waals surface area contributed by atoms with Crippen LogP contribution < -0.4 is 5.19 Å². The minimum absolute atomic E-state index is 0. The second-order valence-electron chi connectivity index (χ2n) is 12.1. The Hall–Kier alpha value is -4.15. The van der Waals surface area contributed by atoms with Crippen molar-refractivity contribution in [2.75, 3.05) is 0 Å². The maximum absolute atomic E-state index is 8.37. The van der Waals surface area contributed by atoms with E-state index in [2.05, 4.69) is 72.1 Å². The molecule has 4 aromatic carbocycles. The van der Waals surface area contributed by atoms with Crippen LogP contribution in [0, 0.1) is 12.1 Å². The molecule has 0 N–H and O–H groups in total. The Balaban J connectivity index is 0.000000209. The Morgan fingerprint density at radius 1 is 0.800 bits per heavy atom. The molecule has 0 aliphatic heterocycles. The zero-order valence-corrected chi connectivity index (χ0v) is 29.6. The number of para-hydroxylation sites is 1. The summed E-state index contributed by atoms with van der Waals surface area (Å²) in [6, 6.07) is 43.1. The van der Waals surface area contributed by atoms with Crippen molar-refractivity contribution in [3.63, 3.8) is 0 Å². The number of rotatable bonds is 5. The van der Waals surface area contributed by atoms with Crippen molar-refractivity contribution >= 4 is 35.2 Å². The number of pyridine rings is 2. The summed E-state index contributed by atoms with van der Waals surface area (Å²) in [4.78, 5) is 9.09. The van der Waals surface area contributed by atoms with E-state index in [-0.39, 0.29) is 20.1 Å². The van der Waals surface area contributed by atoms with Gasteiger partial charge < -0.3 is 14.4 Å². The molecule has 0 aliphatic carbocycles. The molecule has 0 fully saturated rings. The number of furan rings is 1. The number of benzene rings is 4. The van der Waals surface area contributed by atoms with Crippen LogP contribution in [-0.4, -0.2) is 18.0 Å². The summed E-state index contributed by atoms with van der Waals surface area (Å²) in [6.07, 6.45) is 3.77. The molecule has 1 radical (unpaired) electrons. The second-order valence-corrected chi connectivity index (χ2v) is 17.2. The minimum Gasteiger partial charge on any atom is -0.501 e. The Kier molecular flexibility index (Phi) is 9.51. The van der Waals surface area contributed by atoms with Crippen molar-refractivity contribution < 1.29 is 25.9 Å². The van der Waals surface area contributed by atoms with Gasteiger partial charge in [0.05, 0.1) is 13.7 Å². The predicted molar refractivity (Wildman–Crippen MR) is 187 cm³/mol. The first-order chi connectivity index (χ1) is 21.6. The summed E-state index contributed by atoms with van der Waals surface area (Å²) in [6.45, 7) is 10.8. The van der Waals surface area contributed by atoms with E-state index in [4.69, 9.17) is 5.79 Å². The van der Waals surface area contributed by atoms with Gasteiger partial charge in [-0.15, -0.1) is 48.0 Å². The molecule has 0 saturated heterocycles. The molecular formula is C40H36IrN2OSi-2. The van der Waals surface area contributed by atoms with Crippen LogP contribution in [0.4, 0.5) is 0 Å². The van der Waals surface area contributed by atoms with Gasteiger partial charge in [0, 0.05) is 39.3 Å². The van der Waals surface area contributed by atoms with Crippen LogP contribution >= 0.6 is 0 Å². The standard InChI is InChI=1S/C26H20NO.C14H16NSi.Ir/c1-17(2)19-14-15-27-23(16-19)21-13-12-20(18-8-4-3-5-9-18)25-22-10-6-7-11-24(22)28-26(21)25;1-16(2,3)13-9-10-14(15-11-13)12-7-5-4-6-8-12;/h3-12,14-17H,1-2H3;4-7,9-11H,1-3H3;/q2*-1;/i17D;;. The molecule has 0 atom stereocenters. The second kappa shape index (κ2) is 13.9. The van der Waals surface area contributed by atoms with E-state index in [1.54, 1.807) is 6.20 Å². The van der Waals surface area contributed by atoms with E-state index in [0.29, 0.717) is 0 Å². The van der Waals surface area contributed by atoms with Crippen LogP contribution in [0.1, 0.15) is 26.7 Å². The van der Waals surface area contributed by atoms with E-state index >= 15 is 0 Å². The molecule has 45 heavy (non-hydrogen) atoms. The largest absolute Gasteiger partial charge is 0.501 e. The number of aromatic nitrogens is 2.